The molecule has 27 heavy (non-hydrogen) atoms. The highest BCUT2D eigenvalue weighted by Crippen LogP contribution is 2.62. The van der Waals surface area contributed by atoms with Crippen molar-refractivity contribution in [2.24, 2.45) is 21.7 Å². The van der Waals surface area contributed by atoms with E-state index in [1.54, 1.807) is 6.20 Å². The first kappa shape index (κ1) is 16.5. The Bertz CT molecular complexity index is 996. The molecule has 3 atom stereocenters. The third-order valence-electron chi connectivity index (χ3n) is 7.02. The molecule has 0 spiro atoms. The fourth-order valence-corrected chi connectivity index (χ4v) is 5.58. The van der Waals surface area contributed by atoms with Gasteiger partial charge in [-0.3, -0.25) is 10.1 Å². The van der Waals surface area contributed by atoms with E-state index in [0.29, 0.717) is 17.7 Å². The van der Waals surface area contributed by atoms with Gasteiger partial charge < -0.3 is 10.3 Å². The molecule has 3 heterocycles. The Morgan fingerprint density at radius 1 is 1.33 bits per heavy atom. The Morgan fingerprint density at radius 3 is 2.96 bits per heavy atom. The number of guanidine groups is 1. The molecule has 1 amide bonds. The molecule has 140 valence electrons. The molecule has 3 aliphatic rings. The molecule has 2 aromatic rings. The van der Waals surface area contributed by atoms with Crippen molar-refractivity contribution in [1.82, 2.24) is 20.6 Å². The molecule has 0 radical (unpaired) electrons. The van der Waals surface area contributed by atoms with Gasteiger partial charge >= 0.3 is 0 Å². The molecule has 3 N–H and O–H groups in total. The second-order valence-corrected chi connectivity index (χ2v) is 9.08. The number of H-pyrrole nitrogens is 1. The number of aromatic amines is 1. The minimum absolute atomic E-state index is 0.165. The Morgan fingerprint density at radius 2 is 2.19 bits per heavy atom. The molecule has 5 rings (SSSR count). The summed E-state index contributed by atoms with van der Waals surface area (Å²) in [6.07, 6.45) is 9.22. The monoisotopic (exact) mass is 363 g/mol. The van der Waals surface area contributed by atoms with E-state index < -0.39 is 0 Å². The van der Waals surface area contributed by atoms with Crippen molar-refractivity contribution in [1.29, 1.82) is 0 Å². The summed E-state index contributed by atoms with van der Waals surface area (Å²) in [5.74, 6) is 1.16. The molecule has 2 aromatic heterocycles. The smallest absolute Gasteiger partial charge is 0.276 e. The van der Waals surface area contributed by atoms with Gasteiger partial charge in [-0.15, -0.1) is 0 Å². The number of aliphatic imine (C=N–C) groups is 1. The number of hydrogen-bond donors (Lipinski definition) is 3. The second kappa shape index (κ2) is 5.44. The van der Waals surface area contributed by atoms with Crippen molar-refractivity contribution in [3.8, 4) is 0 Å². The fraction of sp³-hybridized carbons (Fsp3) is 0.476. The van der Waals surface area contributed by atoms with Gasteiger partial charge in [0, 0.05) is 29.4 Å². The Labute approximate surface area is 158 Å². The van der Waals surface area contributed by atoms with Crippen molar-refractivity contribution in [3.05, 3.63) is 35.8 Å². The first-order valence-corrected chi connectivity index (χ1v) is 9.67. The van der Waals surface area contributed by atoms with E-state index in [2.05, 4.69) is 46.4 Å². The molecule has 0 unspecified atom stereocenters. The molecule has 2 saturated carbocycles. The summed E-state index contributed by atoms with van der Waals surface area (Å²) in [4.78, 5) is 24.4. The summed E-state index contributed by atoms with van der Waals surface area (Å²) < 4.78 is 0. The number of fused-ring (bicyclic) bond motifs is 3. The standard InChI is InChI=1S/C21H25N5O/c1-20(2)13-6-7-21(3,10-13)18(20)26-19-24-15(17(27)25-19)9-12-11-23-16-14(12)5-4-8-22-16/h4-5,8-9,11,13,18H,6-7,10H2,1-3H3,(H,22,23)(H2,24,25,26,27)/t13-,18-,21-/m0/s1. The summed E-state index contributed by atoms with van der Waals surface area (Å²) in [5.41, 5.74) is 2.63. The van der Waals surface area contributed by atoms with Crippen LogP contribution in [0.4, 0.5) is 0 Å². The molecule has 0 aromatic carbocycles. The number of nitrogens with one attached hydrogen (secondary N) is 3. The van der Waals surface area contributed by atoms with Crippen molar-refractivity contribution in [2.75, 3.05) is 0 Å². The summed E-state index contributed by atoms with van der Waals surface area (Å²) >= 11 is 0. The highest BCUT2D eigenvalue weighted by Gasteiger charge is 2.59. The van der Waals surface area contributed by atoms with Crippen LogP contribution in [0.3, 0.4) is 0 Å². The summed E-state index contributed by atoms with van der Waals surface area (Å²) in [7, 11) is 0. The number of carbonyl (C=O) groups excluding carboxylic acids is 1. The molecule has 2 aliphatic carbocycles. The van der Waals surface area contributed by atoms with Gasteiger partial charge in [0.05, 0.1) is 0 Å². The lowest BCUT2D eigenvalue weighted by atomic mass is 9.68. The summed E-state index contributed by atoms with van der Waals surface area (Å²) in [6.45, 7) is 7.05. The first-order chi connectivity index (χ1) is 12.9. The fourth-order valence-electron chi connectivity index (χ4n) is 5.58. The average molecular weight is 363 g/mol. The predicted octanol–water partition coefficient (Wildman–Crippen LogP) is 3.19. The zero-order valence-corrected chi connectivity index (χ0v) is 16.0. The normalized spacial score (nSPS) is 32.9. The zero-order chi connectivity index (χ0) is 18.8. The molecule has 2 fully saturated rings. The van der Waals surface area contributed by atoms with Gasteiger partial charge in [0.15, 0.2) is 0 Å². The maximum atomic E-state index is 12.5. The average Bonchev–Trinajstić information content (AvgIpc) is 3.35. The Balaban J connectivity index is 1.43. The molecule has 6 nitrogen and oxygen atoms in total. The minimum atomic E-state index is -0.165. The molecule has 2 bridgehead atoms. The van der Waals surface area contributed by atoms with Gasteiger partial charge in [-0.25, -0.2) is 9.98 Å². The number of pyridine rings is 1. The topological polar surface area (TPSA) is 82.2 Å². The summed E-state index contributed by atoms with van der Waals surface area (Å²) in [6, 6.07) is 4.19. The molecule has 0 saturated heterocycles. The zero-order valence-electron chi connectivity index (χ0n) is 16.0. The Hall–Kier alpha value is -2.63. The van der Waals surface area contributed by atoms with E-state index in [4.69, 9.17) is 0 Å². The quantitative estimate of drug-likeness (QED) is 0.717. The van der Waals surface area contributed by atoms with Crippen molar-refractivity contribution in [2.45, 2.75) is 46.1 Å². The SMILES string of the molecule is CC1(C)[C@H]2CC[C@@](C)(C2)[C@H]1NC1=NC(=Cc2c[nH]c3ncccc23)C(=O)N1. The molecule has 6 heteroatoms. The van der Waals surface area contributed by atoms with Crippen LogP contribution in [0.5, 0.6) is 0 Å². The highest BCUT2D eigenvalue weighted by atomic mass is 16.2. The van der Waals surface area contributed by atoms with Gasteiger partial charge in [0.25, 0.3) is 5.91 Å². The lowest BCUT2D eigenvalue weighted by molar-refractivity contribution is -0.115. The number of amides is 1. The van der Waals surface area contributed by atoms with Crippen molar-refractivity contribution >= 4 is 29.0 Å². The van der Waals surface area contributed by atoms with Crippen LogP contribution in [0.25, 0.3) is 17.1 Å². The van der Waals surface area contributed by atoms with Gasteiger partial charge in [0.2, 0.25) is 5.96 Å². The number of nitrogens with zero attached hydrogens (tertiary/aromatic N) is 2. The lowest BCUT2D eigenvalue weighted by Crippen LogP contribution is -2.54. The van der Waals surface area contributed by atoms with Crippen LogP contribution in [0.15, 0.2) is 35.2 Å². The van der Waals surface area contributed by atoms with Crippen LogP contribution >= 0.6 is 0 Å². The largest absolute Gasteiger partial charge is 0.352 e. The van der Waals surface area contributed by atoms with Gasteiger partial charge in [-0.2, -0.15) is 0 Å². The van der Waals surface area contributed by atoms with Gasteiger partial charge in [0.1, 0.15) is 11.3 Å². The van der Waals surface area contributed by atoms with Crippen LogP contribution in [-0.2, 0) is 4.79 Å². The lowest BCUT2D eigenvalue weighted by Gasteiger charge is -2.43. The molecular formula is C21H25N5O. The number of hydrogen-bond acceptors (Lipinski definition) is 4. The van der Waals surface area contributed by atoms with Gasteiger partial charge in [-0.1, -0.05) is 20.8 Å². The van der Waals surface area contributed by atoms with E-state index in [9.17, 15) is 4.79 Å². The van der Waals surface area contributed by atoms with Crippen LogP contribution in [0.2, 0.25) is 0 Å². The van der Waals surface area contributed by atoms with E-state index in [0.717, 1.165) is 22.5 Å². The number of rotatable bonds is 2. The van der Waals surface area contributed by atoms with E-state index in [1.165, 1.54) is 19.3 Å². The molecular weight excluding hydrogens is 338 g/mol. The maximum absolute atomic E-state index is 12.5. The van der Waals surface area contributed by atoms with Crippen molar-refractivity contribution < 1.29 is 4.79 Å². The van der Waals surface area contributed by atoms with Crippen LogP contribution in [0, 0.1) is 16.7 Å². The molecule has 1 aliphatic heterocycles. The maximum Gasteiger partial charge on any atom is 0.276 e. The van der Waals surface area contributed by atoms with Crippen LogP contribution in [0.1, 0.15) is 45.6 Å². The van der Waals surface area contributed by atoms with E-state index in [1.807, 2.05) is 24.4 Å². The second-order valence-electron chi connectivity index (χ2n) is 9.08. The third-order valence-corrected chi connectivity index (χ3v) is 7.02. The predicted molar refractivity (Wildman–Crippen MR) is 106 cm³/mol. The highest BCUT2D eigenvalue weighted by molar-refractivity contribution is 6.14. The Kier molecular flexibility index (Phi) is 3.33. The minimum Gasteiger partial charge on any atom is -0.352 e. The summed E-state index contributed by atoms with van der Waals surface area (Å²) in [5, 5.41) is 7.47. The van der Waals surface area contributed by atoms with E-state index >= 15 is 0 Å². The third kappa shape index (κ3) is 2.42. The van der Waals surface area contributed by atoms with E-state index in [-0.39, 0.29) is 16.7 Å². The number of aromatic nitrogens is 2. The van der Waals surface area contributed by atoms with Crippen LogP contribution in [-0.4, -0.2) is 27.9 Å². The van der Waals surface area contributed by atoms with Gasteiger partial charge in [-0.05, 0) is 54.2 Å². The van der Waals surface area contributed by atoms with Crippen molar-refractivity contribution in [3.63, 3.8) is 0 Å². The van der Waals surface area contributed by atoms with Crippen LogP contribution < -0.4 is 10.6 Å². The first-order valence-electron chi connectivity index (χ1n) is 9.67. The number of carbonyl (C=O) groups is 1.